The number of halogens is 1. The summed E-state index contributed by atoms with van der Waals surface area (Å²) in [7, 11) is 5.69. The third kappa shape index (κ3) is 4.66. The number of likely N-dealkylation sites (N-methyl/N-ethyl adjacent to an activating group) is 1. The maximum Gasteiger partial charge on any atom is 0.246 e. The molecular weight excluding hydrogens is 547 g/mol. The number of anilines is 2. The van der Waals surface area contributed by atoms with Crippen molar-refractivity contribution < 1.29 is 13.9 Å². The molecule has 2 aliphatic heterocycles. The van der Waals surface area contributed by atoms with Crippen molar-refractivity contribution in [3.8, 4) is 17.0 Å². The molecule has 226 valence electrons. The molecule has 6 rings (SSSR count). The van der Waals surface area contributed by atoms with E-state index in [1.54, 1.807) is 7.11 Å². The molecule has 2 fully saturated rings. The molecule has 10 nitrogen and oxygen atoms in total. The average molecular weight is 587 g/mol. The Labute approximate surface area is 251 Å². The summed E-state index contributed by atoms with van der Waals surface area (Å²) in [6, 6.07) is 6.16. The van der Waals surface area contributed by atoms with Gasteiger partial charge in [0.25, 0.3) is 0 Å². The van der Waals surface area contributed by atoms with Gasteiger partial charge in [-0.2, -0.15) is 4.98 Å². The quantitative estimate of drug-likeness (QED) is 0.335. The number of H-pyrrole nitrogens is 1. The molecule has 0 aliphatic carbocycles. The zero-order chi connectivity index (χ0) is 30.7. The van der Waals surface area contributed by atoms with Crippen molar-refractivity contribution in [1.29, 1.82) is 0 Å². The minimum Gasteiger partial charge on any atom is -0.480 e. The molecule has 0 saturated carbocycles. The zero-order valence-corrected chi connectivity index (χ0v) is 25.9. The van der Waals surface area contributed by atoms with Gasteiger partial charge >= 0.3 is 0 Å². The smallest absolute Gasteiger partial charge is 0.246 e. The molecule has 1 N–H and O–H groups in total. The summed E-state index contributed by atoms with van der Waals surface area (Å²) >= 11 is 0. The van der Waals surface area contributed by atoms with Crippen molar-refractivity contribution in [2.75, 3.05) is 57.2 Å². The Bertz CT molecular complexity index is 1750. The summed E-state index contributed by atoms with van der Waals surface area (Å²) in [5, 5.41) is 8.82. The Morgan fingerprint density at radius 2 is 1.81 bits per heavy atom. The zero-order valence-electron chi connectivity index (χ0n) is 25.9. The fourth-order valence-corrected chi connectivity index (χ4v) is 6.43. The van der Waals surface area contributed by atoms with E-state index in [4.69, 9.17) is 14.7 Å². The van der Waals surface area contributed by atoms with E-state index in [0.717, 1.165) is 40.7 Å². The first kappa shape index (κ1) is 28.9. The van der Waals surface area contributed by atoms with Crippen molar-refractivity contribution in [1.82, 2.24) is 30.0 Å². The lowest BCUT2D eigenvalue weighted by atomic mass is 9.92. The fourth-order valence-electron chi connectivity index (χ4n) is 6.43. The predicted octanol–water partition coefficient (Wildman–Crippen LogP) is 4.30. The van der Waals surface area contributed by atoms with Crippen LogP contribution in [0, 0.1) is 19.7 Å². The molecule has 2 saturated heterocycles. The second-order valence-electron chi connectivity index (χ2n) is 12.1. The van der Waals surface area contributed by atoms with Gasteiger partial charge in [0.1, 0.15) is 11.3 Å². The molecule has 2 atom stereocenters. The molecule has 11 heteroatoms. The number of hydrogen-bond donors (Lipinski definition) is 1. The highest BCUT2D eigenvalue weighted by atomic mass is 19.1. The summed E-state index contributed by atoms with van der Waals surface area (Å²) in [5.74, 6) is 1.18. The number of methoxy groups -OCH3 is 1. The van der Waals surface area contributed by atoms with E-state index in [1.807, 2.05) is 43.9 Å². The number of carbonyl (C=O) groups is 1. The van der Waals surface area contributed by atoms with Crippen molar-refractivity contribution in [3.63, 3.8) is 0 Å². The number of aromatic nitrogens is 4. The number of piperazine rings is 1. The van der Waals surface area contributed by atoms with Crippen molar-refractivity contribution >= 4 is 39.5 Å². The Morgan fingerprint density at radius 3 is 2.49 bits per heavy atom. The number of benzene rings is 2. The molecule has 4 heterocycles. The number of ether oxygens (including phenoxy) is 1. The highest BCUT2D eigenvalue weighted by Crippen LogP contribution is 2.42. The van der Waals surface area contributed by atoms with Gasteiger partial charge in [0, 0.05) is 60.8 Å². The molecule has 0 spiro atoms. The number of hydrogen-bond acceptors (Lipinski definition) is 8. The number of amides is 1. The van der Waals surface area contributed by atoms with E-state index >= 15 is 4.39 Å². The predicted molar refractivity (Wildman–Crippen MR) is 168 cm³/mol. The van der Waals surface area contributed by atoms with Crippen LogP contribution in [-0.2, 0) is 4.79 Å². The van der Waals surface area contributed by atoms with E-state index in [1.165, 1.54) is 6.08 Å². The van der Waals surface area contributed by atoms with Crippen LogP contribution < -0.4 is 14.5 Å². The van der Waals surface area contributed by atoms with Gasteiger partial charge in [-0.25, -0.2) is 9.37 Å². The van der Waals surface area contributed by atoms with Crippen LogP contribution in [0.15, 0.2) is 30.9 Å². The first-order valence-electron chi connectivity index (χ1n) is 14.7. The van der Waals surface area contributed by atoms with E-state index < -0.39 is 5.82 Å². The second-order valence-corrected chi connectivity index (χ2v) is 12.1. The van der Waals surface area contributed by atoms with E-state index in [0.29, 0.717) is 47.7 Å². The first-order chi connectivity index (χ1) is 20.5. The number of nitrogens with one attached hydrogen (secondary N) is 1. The fraction of sp³-hybridized carbons (Fsp3) is 0.438. The van der Waals surface area contributed by atoms with E-state index in [9.17, 15) is 4.79 Å². The summed E-state index contributed by atoms with van der Waals surface area (Å²) in [5.41, 5.74) is 3.90. The maximum atomic E-state index is 17.1. The lowest BCUT2D eigenvalue weighted by molar-refractivity contribution is -0.128. The number of carbonyl (C=O) groups excluding carboxylic acids is 1. The normalized spacial score (nSPS) is 19.4. The number of aromatic amines is 1. The van der Waals surface area contributed by atoms with Crippen molar-refractivity contribution in [3.05, 3.63) is 47.8 Å². The van der Waals surface area contributed by atoms with Gasteiger partial charge in [-0.3, -0.25) is 9.89 Å². The Balaban J connectivity index is 1.55. The second kappa shape index (κ2) is 10.8. The van der Waals surface area contributed by atoms with E-state index in [-0.39, 0.29) is 23.5 Å². The molecule has 2 aromatic heterocycles. The molecule has 2 aliphatic rings. The molecular formula is C32H39FN8O2. The van der Waals surface area contributed by atoms with Crippen LogP contribution in [-0.4, -0.2) is 101 Å². The third-order valence-electron chi connectivity index (χ3n) is 9.04. The monoisotopic (exact) mass is 586 g/mol. The Morgan fingerprint density at radius 1 is 1.07 bits per heavy atom. The lowest BCUT2D eigenvalue weighted by Gasteiger charge is -2.45. The first-order valence-corrected chi connectivity index (χ1v) is 14.7. The molecule has 4 aromatic rings. The van der Waals surface area contributed by atoms with Gasteiger partial charge in [0.15, 0.2) is 5.82 Å². The molecule has 0 radical (unpaired) electrons. The lowest BCUT2D eigenvalue weighted by Crippen LogP contribution is -2.59. The topological polar surface area (TPSA) is 93.7 Å². The molecule has 43 heavy (non-hydrogen) atoms. The standard InChI is InChI=1S/C32H39FN8O2/c1-9-24(42)40-13-20(5)41(14-19(40)4)30-23-12-18(3)25(26-17(2)10-11-22-28(26)36-37-31(22)43-8)27(33)29(23)34-32(35-30)39-15-21(16-39)38(6)7/h9-12,19-21H,1,13-16H2,2-8H3,(H,36,37)/t19-,20+/m1/s1. The highest BCUT2D eigenvalue weighted by molar-refractivity contribution is 6.03. The largest absolute Gasteiger partial charge is 0.480 e. The molecule has 2 aromatic carbocycles. The van der Waals surface area contributed by atoms with Crippen LogP contribution in [0.3, 0.4) is 0 Å². The number of fused-ring (bicyclic) bond motifs is 2. The van der Waals surface area contributed by atoms with Crippen LogP contribution in [0.2, 0.25) is 0 Å². The summed E-state index contributed by atoms with van der Waals surface area (Å²) in [6.07, 6.45) is 1.36. The number of rotatable bonds is 6. The number of aryl methyl sites for hydroxylation is 2. The van der Waals surface area contributed by atoms with Crippen LogP contribution >= 0.6 is 0 Å². The van der Waals surface area contributed by atoms with Gasteiger partial charge in [-0.1, -0.05) is 12.6 Å². The SMILES string of the molecule is C=CC(=O)N1C[C@H](C)N(c2nc(N3CC(N(C)C)C3)nc3c(F)c(-c4c(C)ccc5c(OC)n[nH]c45)c(C)cc23)C[C@H]1C. The third-order valence-corrected chi connectivity index (χ3v) is 9.04. The van der Waals surface area contributed by atoms with Crippen LogP contribution in [0.25, 0.3) is 32.9 Å². The van der Waals surface area contributed by atoms with Gasteiger partial charge in [-0.05, 0) is 71.1 Å². The van der Waals surface area contributed by atoms with Crippen LogP contribution in [0.5, 0.6) is 5.88 Å². The van der Waals surface area contributed by atoms with Crippen LogP contribution in [0.1, 0.15) is 25.0 Å². The van der Waals surface area contributed by atoms with E-state index in [2.05, 4.69) is 52.5 Å². The summed E-state index contributed by atoms with van der Waals surface area (Å²) in [6.45, 7) is 14.3. The Kier molecular flexibility index (Phi) is 7.24. The minimum absolute atomic E-state index is 0.0477. The summed E-state index contributed by atoms with van der Waals surface area (Å²) in [4.78, 5) is 30.8. The Hall–Kier alpha value is -4.25. The van der Waals surface area contributed by atoms with Gasteiger partial charge in [0.05, 0.1) is 18.0 Å². The summed E-state index contributed by atoms with van der Waals surface area (Å²) < 4.78 is 22.5. The van der Waals surface area contributed by atoms with Gasteiger partial charge in [-0.15, -0.1) is 5.10 Å². The average Bonchev–Trinajstić information content (AvgIpc) is 3.37. The van der Waals surface area contributed by atoms with Gasteiger partial charge in [0.2, 0.25) is 17.7 Å². The molecule has 0 bridgehead atoms. The molecule has 1 amide bonds. The van der Waals surface area contributed by atoms with Crippen molar-refractivity contribution in [2.24, 2.45) is 0 Å². The van der Waals surface area contributed by atoms with Crippen LogP contribution in [0.4, 0.5) is 16.2 Å². The molecule has 0 unspecified atom stereocenters. The highest BCUT2D eigenvalue weighted by Gasteiger charge is 2.36. The minimum atomic E-state index is -0.394. The van der Waals surface area contributed by atoms with Crippen molar-refractivity contribution in [2.45, 2.75) is 45.8 Å². The maximum absolute atomic E-state index is 17.1. The number of nitrogens with zero attached hydrogens (tertiary/aromatic N) is 7. The van der Waals surface area contributed by atoms with Gasteiger partial charge < -0.3 is 24.3 Å².